The van der Waals surface area contributed by atoms with Crippen LogP contribution < -0.4 is 5.73 Å². The minimum Gasteiger partial charge on any atom is -0.399 e. The maximum absolute atomic E-state index is 5.41. The van der Waals surface area contributed by atoms with E-state index in [0.717, 1.165) is 0 Å². The number of allylic oxidation sites excluding steroid dienone is 2. The van der Waals surface area contributed by atoms with Gasteiger partial charge in [-0.1, -0.05) is 32.9 Å². The maximum atomic E-state index is 5.41. The lowest BCUT2D eigenvalue weighted by Gasteiger charge is -2.06. The Hall–Kier alpha value is -0.720. The van der Waals surface area contributed by atoms with Gasteiger partial charge in [-0.05, 0) is 24.8 Å². The Balaban J connectivity index is 3.76. The molecule has 0 bridgehead atoms. The van der Waals surface area contributed by atoms with Gasteiger partial charge in [-0.2, -0.15) is 0 Å². The zero-order chi connectivity index (χ0) is 8.69. The average molecular weight is 153 g/mol. The van der Waals surface area contributed by atoms with Gasteiger partial charge in [0.2, 0.25) is 0 Å². The van der Waals surface area contributed by atoms with Gasteiger partial charge in [0, 0.05) is 5.70 Å². The number of nitrogens with two attached hydrogens (primary N) is 1. The van der Waals surface area contributed by atoms with Crippen molar-refractivity contribution < 1.29 is 0 Å². The number of hydrogen-bond acceptors (Lipinski definition) is 1. The topological polar surface area (TPSA) is 26.0 Å². The summed E-state index contributed by atoms with van der Waals surface area (Å²) in [5.74, 6) is 0.681. The fraction of sp³-hybridized carbons (Fsp3) is 0.600. The number of hydrogen-bond donors (Lipinski definition) is 1. The summed E-state index contributed by atoms with van der Waals surface area (Å²) in [5.41, 5.74) is 6.06. The Morgan fingerprint density at radius 3 is 2.55 bits per heavy atom. The molecule has 0 saturated heterocycles. The van der Waals surface area contributed by atoms with Gasteiger partial charge in [0.15, 0.2) is 0 Å². The van der Waals surface area contributed by atoms with Crippen LogP contribution in [0.2, 0.25) is 0 Å². The lowest BCUT2D eigenvalue weighted by atomic mass is 10.0. The van der Waals surface area contributed by atoms with E-state index in [1.54, 1.807) is 0 Å². The van der Waals surface area contributed by atoms with E-state index in [0.29, 0.717) is 11.6 Å². The minimum atomic E-state index is 0.652. The van der Waals surface area contributed by atoms with E-state index >= 15 is 0 Å². The quantitative estimate of drug-likeness (QED) is 0.604. The van der Waals surface area contributed by atoms with E-state index in [9.17, 15) is 0 Å². The molecule has 0 aromatic rings. The second kappa shape index (κ2) is 6.02. The van der Waals surface area contributed by atoms with Crippen molar-refractivity contribution in [2.45, 2.75) is 33.1 Å². The van der Waals surface area contributed by atoms with Crippen molar-refractivity contribution in [1.82, 2.24) is 0 Å². The third-order valence-corrected chi connectivity index (χ3v) is 1.77. The van der Waals surface area contributed by atoms with Crippen molar-refractivity contribution in [3.8, 4) is 0 Å². The molecule has 0 aliphatic heterocycles. The molecule has 0 aromatic heterocycles. The molecule has 0 fully saturated rings. The summed E-state index contributed by atoms with van der Waals surface area (Å²) in [7, 11) is 0. The third-order valence-electron chi connectivity index (χ3n) is 1.77. The molecule has 1 unspecified atom stereocenters. The second-order valence-electron chi connectivity index (χ2n) is 2.89. The fourth-order valence-corrected chi connectivity index (χ4v) is 1.07. The zero-order valence-electron chi connectivity index (χ0n) is 7.64. The Bertz CT molecular complexity index is 136. The molecule has 0 spiro atoms. The van der Waals surface area contributed by atoms with Gasteiger partial charge >= 0.3 is 0 Å². The standard InChI is InChI=1S/C10H19N/c1-4-6-10(5-2)8-7-9(3)11/h7-8,10H,3-6,11H2,1-2H3/b8-7+. The van der Waals surface area contributed by atoms with Crippen molar-refractivity contribution in [2.75, 3.05) is 0 Å². The van der Waals surface area contributed by atoms with Gasteiger partial charge in [-0.3, -0.25) is 0 Å². The lowest BCUT2D eigenvalue weighted by Crippen LogP contribution is -1.95. The molecule has 1 nitrogen and oxygen atoms in total. The van der Waals surface area contributed by atoms with Crippen LogP contribution in [-0.4, -0.2) is 0 Å². The van der Waals surface area contributed by atoms with Crippen molar-refractivity contribution in [2.24, 2.45) is 11.7 Å². The highest BCUT2D eigenvalue weighted by Gasteiger charge is 1.98. The van der Waals surface area contributed by atoms with Crippen LogP contribution in [0.5, 0.6) is 0 Å². The van der Waals surface area contributed by atoms with Gasteiger partial charge in [0.1, 0.15) is 0 Å². The van der Waals surface area contributed by atoms with Gasteiger partial charge < -0.3 is 5.73 Å². The molecule has 0 radical (unpaired) electrons. The van der Waals surface area contributed by atoms with Crippen molar-refractivity contribution in [1.29, 1.82) is 0 Å². The normalized spacial score (nSPS) is 13.6. The summed E-state index contributed by atoms with van der Waals surface area (Å²) in [6.45, 7) is 8.01. The highest BCUT2D eigenvalue weighted by molar-refractivity contribution is 5.10. The van der Waals surface area contributed by atoms with E-state index in [2.05, 4.69) is 26.5 Å². The van der Waals surface area contributed by atoms with E-state index in [1.807, 2.05) is 6.08 Å². The van der Waals surface area contributed by atoms with Crippen LogP contribution in [0.25, 0.3) is 0 Å². The molecular weight excluding hydrogens is 134 g/mol. The van der Waals surface area contributed by atoms with E-state index in [4.69, 9.17) is 5.73 Å². The van der Waals surface area contributed by atoms with Gasteiger partial charge in [-0.25, -0.2) is 0 Å². The van der Waals surface area contributed by atoms with Crippen LogP contribution in [-0.2, 0) is 0 Å². The van der Waals surface area contributed by atoms with Crippen LogP contribution in [0.4, 0.5) is 0 Å². The first-order chi connectivity index (χ1) is 5.20. The Labute approximate surface area is 70.0 Å². The lowest BCUT2D eigenvalue weighted by molar-refractivity contribution is 0.563. The first-order valence-corrected chi connectivity index (χ1v) is 4.33. The molecule has 0 saturated carbocycles. The molecule has 64 valence electrons. The third kappa shape index (κ3) is 5.71. The highest BCUT2D eigenvalue weighted by Crippen LogP contribution is 2.12. The van der Waals surface area contributed by atoms with Crippen molar-refractivity contribution >= 4 is 0 Å². The van der Waals surface area contributed by atoms with Crippen LogP contribution >= 0.6 is 0 Å². The summed E-state index contributed by atoms with van der Waals surface area (Å²) in [5, 5.41) is 0. The Morgan fingerprint density at radius 1 is 1.55 bits per heavy atom. The summed E-state index contributed by atoms with van der Waals surface area (Å²) >= 11 is 0. The fourth-order valence-electron chi connectivity index (χ4n) is 1.07. The molecule has 0 heterocycles. The van der Waals surface area contributed by atoms with Crippen LogP contribution in [0.15, 0.2) is 24.4 Å². The predicted octanol–water partition coefficient (Wildman–Crippen LogP) is 2.84. The first-order valence-electron chi connectivity index (χ1n) is 4.33. The monoisotopic (exact) mass is 153 g/mol. The van der Waals surface area contributed by atoms with Crippen molar-refractivity contribution in [3.63, 3.8) is 0 Å². The van der Waals surface area contributed by atoms with Crippen molar-refractivity contribution in [3.05, 3.63) is 24.4 Å². The summed E-state index contributed by atoms with van der Waals surface area (Å²) in [6.07, 6.45) is 7.74. The van der Waals surface area contributed by atoms with E-state index < -0.39 is 0 Å². The minimum absolute atomic E-state index is 0.652. The van der Waals surface area contributed by atoms with Crippen LogP contribution in [0.3, 0.4) is 0 Å². The van der Waals surface area contributed by atoms with Gasteiger partial charge in [0.05, 0.1) is 0 Å². The molecule has 1 heteroatoms. The second-order valence-corrected chi connectivity index (χ2v) is 2.89. The van der Waals surface area contributed by atoms with E-state index in [1.165, 1.54) is 19.3 Å². The molecule has 1 atom stereocenters. The first kappa shape index (κ1) is 10.3. The van der Waals surface area contributed by atoms with Crippen LogP contribution in [0.1, 0.15) is 33.1 Å². The van der Waals surface area contributed by atoms with Crippen LogP contribution in [0, 0.1) is 5.92 Å². The zero-order valence-corrected chi connectivity index (χ0v) is 7.64. The summed E-state index contributed by atoms with van der Waals surface area (Å²) in [4.78, 5) is 0. The Kier molecular flexibility index (Phi) is 5.63. The molecular formula is C10H19N. The molecule has 0 aliphatic rings. The molecule has 0 amide bonds. The van der Waals surface area contributed by atoms with Gasteiger partial charge in [0.25, 0.3) is 0 Å². The van der Waals surface area contributed by atoms with E-state index in [-0.39, 0.29) is 0 Å². The summed E-state index contributed by atoms with van der Waals surface area (Å²) in [6, 6.07) is 0. The van der Waals surface area contributed by atoms with Gasteiger partial charge in [-0.15, -0.1) is 0 Å². The smallest absolute Gasteiger partial charge is 0.0237 e. The highest BCUT2D eigenvalue weighted by atomic mass is 14.5. The maximum Gasteiger partial charge on any atom is 0.0237 e. The molecule has 0 aromatic carbocycles. The average Bonchev–Trinajstić information content (AvgIpc) is 1.97. The predicted molar refractivity (Wildman–Crippen MR) is 51.2 cm³/mol. The summed E-state index contributed by atoms with van der Waals surface area (Å²) < 4.78 is 0. The number of rotatable bonds is 5. The SMILES string of the molecule is C=C(N)/C=C/C(CC)CCC. The Morgan fingerprint density at radius 2 is 2.18 bits per heavy atom. The molecule has 0 rings (SSSR count). The largest absolute Gasteiger partial charge is 0.399 e. The molecule has 11 heavy (non-hydrogen) atoms. The molecule has 0 aliphatic carbocycles. The molecule has 2 N–H and O–H groups in total.